The fraction of sp³-hybridized carbons (Fsp3) is 0.0625. The van der Waals surface area contributed by atoms with Crippen LogP contribution in [-0.2, 0) is 6.61 Å². The zero-order valence-electron chi connectivity index (χ0n) is 11.3. The molecule has 0 aliphatic carbocycles. The Balaban J connectivity index is 1.82. The Labute approximate surface area is 121 Å². The fourth-order valence-corrected chi connectivity index (χ4v) is 2.09. The maximum absolute atomic E-state index is 7.52. The minimum atomic E-state index is -0.0608. The summed E-state index contributed by atoms with van der Waals surface area (Å²) in [5, 5.41) is 8.58. The van der Waals surface area contributed by atoms with Crippen molar-refractivity contribution in [3.05, 3.63) is 66.1 Å². The molecule has 3 N–H and O–H groups in total. The Bertz CT molecular complexity index is 801. The maximum Gasteiger partial charge on any atom is 0.142 e. The lowest BCUT2D eigenvalue weighted by atomic mass is 10.2. The number of ether oxygens (including phenoxy) is 1. The predicted molar refractivity (Wildman–Crippen MR) is 81.3 cm³/mol. The maximum atomic E-state index is 7.52. The van der Waals surface area contributed by atoms with Gasteiger partial charge in [0.05, 0.1) is 5.52 Å². The first kappa shape index (κ1) is 13.1. The molecule has 0 fully saturated rings. The molecule has 0 aliphatic rings. The Hall–Kier alpha value is -2.95. The highest BCUT2D eigenvalue weighted by molar-refractivity contribution is 5.94. The predicted octanol–water partition coefficient (Wildman–Crippen LogP) is 2.49. The summed E-state index contributed by atoms with van der Waals surface area (Å²) in [5.41, 5.74) is 7.63. The summed E-state index contributed by atoms with van der Waals surface area (Å²) in [6.45, 7) is 0.307. The Morgan fingerprint density at radius 2 is 1.90 bits per heavy atom. The van der Waals surface area contributed by atoms with Crippen LogP contribution in [0.25, 0.3) is 10.9 Å². The van der Waals surface area contributed by atoms with Gasteiger partial charge < -0.3 is 10.5 Å². The molecule has 3 aromatic rings. The van der Waals surface area contributed by atoms with Crippen LogP contribution < -0.4 is 10.5 Å². The van der Waals surface area contributed by atoms with Crippen LogP contribution in [0.4, 0.5) is 0 Å². The standard InChI is InChI=1S/C16H14N4O/c17-16(18)15-12(4-2-8-20-15)10-21-13-6-5-11-3-1-7-19-14(11)9-13/h1-9H,10H2,(H3,17,18). The first-order valence-electron chi connectivity index (χ1n) is 6.50. The topological polar surface area (TPSA) is 84.9 Å². The number of amidine groups is 1. The van der Waals surface area contributed by atoms with E-state index in [1.165, 1.54) is 0 Å². The third-order valence-corrected chi connectivity index (χ3v) is 3.12. The molecule has 2 aromatic heterocycles. The molecule has 1 aromatic carbocycles. The Morgan fingerprint density at radius 3 is 2.76 bits per heavy atom. The molecule has 0 saturated heterocycles. The number of fused-ring (bicyclic) bond motifs is 1. The van der Waals surface area contributed by atoms with Crippen molar-refractivity contribution >= 4 is 16.7 Å². The van der Waals surface area contributed by atoms with Crippen LogP contribution in [0, 0.1) is 5.41 Å². The highest BCUT2D eigenvalue weighted by Gasteiger charge is 2.07. The molecular weight excluding hydrogens is 264 g/mol. The van der Waals surface area contributed by atoms with E-state index in [1.807, 2.05) is 36.4 Å². The Morgan fingerprint density at radius 1 is 1.10 bits per heavy atom. The second-order valence-corrected chi connectivity index (χ2v) is 4.57. The van der Waals surface area contributed by atoms with Gasteiger partial charge in [-0.1, -0.05) is 12.1 Å². The van der Waals surface area contributed by atoms with Crippen molar-refractivity contribution in [3.63, 3.8) is 0 Å². The number of nitrogen functional groups attached to an aromatic ring is 1. The van der Waals surface area contributed by atoms with Gasteiger partial charge in [-0.2, -0.15) is 0 Å². The van der Waals surface area contributed by atoms with Crippen molar-refractivity contribution in [2.24, 2.45) is 5.73 Å². The molecule has 0 bridgehead atoms. The number of nitrogens with zero attached hydrogens (tertiary/aromatic N) is 2. The first-order chi connectivity index (χ1) is 10.2. The fourth-order valence-electron chi connectivity index (χ4n) is 2.09. The highest BCUT2D eigenvalue weighted by Crippen LogP contribution is 2.20. The van der Waals surface area contributed by atoms with Gasteiger partial charge >= 0.3 is 0 Å². The van der Waals surface area contributed by atoms with Gasteiger partial charge in [0.2, 0.25) is 0 Å². The third-order valence-electron chi connectivity index (χ3n) is 3.12. The van der Waals surface area contributed by atoms with Gasteiger partial charge in [0.1, 0.15) is 23.9 Å². The molecule has 5 nitrogen and oxygen atoms in total. The summed E-state index contributed by atoms with van der Waals surface area (Å²) in [5.74, 6) is 0.661. The van der Waals surface area contributed by atoms with Gasteiger partial charge in [0.15, 0.2) is 0 Å². The lowest BCUT2D eigenvalue weighted by Gasteiger charge is -2.09. The second kappa shape index (κ2) is 5.58. The lowest BCUT2D eigenvalue weighted by molar-refractivity contribution is 0.306. The van der Waals surface area contributed by atoms with Crippen LogP contribution in [0.15, 0.2) is 54.9 Å². The molecule has 0 atom stereocenters. The van der Waals surface area contributed by atoms with Gasteiger partial charge in [-0.15, -0.1) is 0 Å². The third kappa shape index (κ3) is 2.81. The van der Waals surface area contributed by atoms with E-state index in [9.17, 15) is 0 Å². The van der Waals surface area contributed by atoms with Gasteiger partial charge in [-0.3, -0.25) is 15.4 Å². The summed E-state index contributed by atoms with van der Waals surface area (Å²) in [6.07, 6.45) is 3.36. The van der Waals surface area contributed by atoms with Crippen LogP contribution in [-0.4, -0.2) is 15.8 Å². The van der Waals surface area contributed by atoms with Crippen molar-refractivity contribution in [2.75, 3.05) is 0 Å². The number of nitrogens with one attached hydrogen (secondary N) is 1. The van der Waals surface area contributed by atoms with Gasteiger partial charge in [0.25, 0.3) is 0 Å². The minimum Gasteiger partial charge on any atom is -0.489 e. The highest BCUT2D eigenvalue weighted by atomic mass is 16.5. The molecule has 0 spiro atoms. The number of nitrogens with two attached hydrogens (primary N) is 1. The largest absolute Gasteiger partial charge is 0.489 e. The molecule has 0 saturated carbocycles. The van der Waals surface area contributed by atoms with Crippen molar-refractivity contribution in [1.82, 2.24) is 9.97 Å². The van der Waals surface area contributed by atoms with E-state index in [2.05, 4.69) is 9.97 Å². The zero-order chi connectivity index (χ0) is 14.7. The smallest absolute Gasteiger partial charge is 0.142 e. The molecular formula is C16H14N4O. The van der Waals surface area contributed by atoms with Crippen LogP contribution in [0.3, 0.4) is 0 Å². The summed E-state index contributed by atoms with van der Waals surface area (Å²) in [4.78, 5) is 8.39. The van der Waals surface area contributed by atoms with Crippen molar-refractivity contribution in [1.29, 1.82) is 5.41 Å². The first-order valence-corrected chi connectivity index (χ1v) is 6.50. The molecule has 3 rings (SSSR count). The number of hydrogen-bond donors (Lipinski definition) is 2. The monoisotopic (exact) mass is 278 g/mol. The van der Waals surface area contributed by atoms with Crippen LogP contribution in [0.2, 0.25) is 0 Å². The van der Waals surface area contributed by atoms with E-state index in [0.29, 0.717) is 12.3 Å². The normalized spacial score (nSPS) is 10.5. The number of pyridine rings is 2. The van der Waals surface area contributed by atoms with E-state index in [-0.39, 0.29) is 5.84 Å². The molecule has 21 heavy (non-hydrogen) atoms. The van der Waals surface area contributed by atoms with Crippen LogP contribution in [0.1, 0.15) is 11.3 Å². The summed E-state index contributed by atoms with van der Waals surface area (Å²) in [6, 6.07) is 13.3. The molecule has 5 heteroatoms. The minimum absolute atomic E-state index is 0.0608. The lowest BCUT2D eigenvalue weighted by Crippen LogP contribution is -2.16. The Kier molecular flexibility index (Phi) is 3.47. The van der Waals surface area contributed by atoms with Crippen molar-refractivity contribution < 1.29 is 4.74 Å². The molecule has 0 radical (unpaired) electrons. The quantitative estimate of drug-likeness (QED) is 0.567. The second-order valence-electron chi connectivity index (χ2n) is 4.57. The van der Waals surface area contributed by atoms with Gasteiger partial charge in [-0.25, -0.2) is 0 Å². The number of benzene rings is 1. The van der Waals surface area contributed by atoms with E-state index in [4.69, 9.17) is 15.9 Å². The summed E-state index contributed by atoms with van der Waals surface area (Å²) in [7, 11) is 0. The number of rotatable bonds is 4. The zero-order valence-corrected chi connectivity index (χ0v) is 11.3. The average molecular weight is 278 g/mol. The van der Waals surface area contributed by atoms with Crippen LogP contribution in [0.5, 0.6) is 5.75 Å². The molecule has 0 aliphatic heterocycles. The van der Waals surface area contributed by atoms with E-state index >= 15 is 0 Å². The van der Waals surface area contributed by atoms with Gasteiger partial charge in [0, 0.05) is 29.4 Å². The summed E-state index contributed by atoms with van der Waals surface area (Å²) >= 11 is 0. The van der Waals surface area contributed by atoms with Gasteiger partial charge in [-0.05, 0) is 24.3 Å². The van der Waals surface area contributed by atoms with Crippen molar-refractivity contribution in [2.45, 2.75) is 6.61 Å². The molecule has 2 heterocycles. The average Bonchev–Trinajstić information content (AvgIpc) is 2.53. The van der Waals surface area contributed by atoms with E-state index < -0.39 is 0 Å². The molecule has 104 valence electrons. The molecule has 0 unspecified atom stereocenters. The van der Waals surface area contributed by atoms with E-state index in [0.717, 1.165) is 22.2 Å². The van der Waals surface area contributed by atoms with Crippen molar-refractivity contribution in [3.8, 4) is 5.75 Å². The van der Waals surface area contributed by atoms with E-state index in [1.54, 1.807) is 18.5 Å². The molecule has 0 amide bonds. The number of hydrogen-bond acceptors (Lipinski definition) is 4. The number of aromatic nitrogens is 2. The SMILES string of the molecule is N=C(N)c1ncccc1COc1ccc2cccnc2c1. The summed E-state index contributed by atoms with van der Waals surface area (Å²) < 4.78 is 5.76. The van der Waals surface area contributed by atoms with Crippen LogP contribution >= 0.6 is 0 Å².